The van der Waals surface area contributed by atoms with Gasteiger partial charge in [0.1, 0.15) is 11.6 Å². The number of sulfone groups is 1. The molecule has 1 aromatic carbocycles. The van der Waals surface area contributed by atoms with Crippen LogP contribution in [0.15, 0.2) is 44.3 Å². The van der Waals surface area contributed by atoms with Gasteiger partial charge in [0.15, 0.2) is 14.5 Å². The monoisotopic (exact) mass is 347 g/mol. The van der Waals surface area contributed by atoms with Crippen molar-refractivity contribution in [2.45, 2.75) is 11.4 Å². The van der Waals surface area contributed by atoms with Gasteiger partial charge in [-0.3, -0.25) is 0 Å². The van der Waals surface area contributed by atoms with Crippen LogP contribution in [-0.2, 0) is 16.4 Å². The van der Waals surface area contributed by atoms with Crippen LogP contribution in [0.2, 0.25) is 0 Å². The van der Waals surface area contributed by atoms with Gasteiger partial charge in [-0.15, -0.1) is 0 Å². The van der Waals surface area contributed by atoms with E-state index >= 15 is 0 Å². The van der Waals surface area contributed by atoms with Crippen molar-refractivity contribution in [1.29, 1.82) is 0 Å². The SMILES string of the molecule is CS(=O)(=O)c1ccc(F)c(NCc2ccc(Br)o2)c1. The predicted molar refractivity (Wildman–Crippen MR) is 73.2 cm³/mol. The third-order valence-electron chi connectivity index (χ3n) is 2.45. The molecule has 0 spiro atoms. The van der Waals surface area contributed by atoms with E-state index in [9.17, 15) is 12.8 Å². The van der Waals surface area contributed by atoms with Gasteiger partial charge in [-0.2, -0.15) is 0 Å². The maximum Gasteiger partial charge on any atom is 0.175 e. The average molecular weight is 348 g/mol. The predicted octanol–water partition coefficient (Wildman–Crippen LogP) is 3.20. The fraction of sp³-hybridized carbons (Fsp3) is 0.167. The summed E-state index contributed by atoms with van der Waals surface area (Å²) in [6.07, 6.45) is 1.08. The molecule has 0 atom stereocenters. The van der Waals surface area contributed by atoms with E-state index in [-0.39, 0.29) is 17.1 Å². The highest BCUT2D eigenvalue weighted by atomic mass is 79.9. The Hall–Kier alpha value is -1.34. The number of rotatable bonds is 4. The second-order valence-corrected chi connectivity index (χ2v) is 6.77. The summed E-state index contributed by atoms with van der Waals surface area (Å²) in [6.45, 7) is 0.260. The van der Waals surface area contributed by atoms with Crippen LogP contribution >= 0.6 is 15.9 Å². The molecule has 7 heteroatoms. The van der Waals surface area contributed by atoms with E-state index in [0.717, 1.165) is 12.3 Å². The van der Waals surface area contributed by atoms with E-state index in [1.807, 2.05) is 0 Å². The Labute approximate surface area is 118 Å². The van der Waals surface area contributed by atoms with Crippen LogP contribution in [0, 0.1) is 5.82 Å². The Balaban J connectivity index is 2.20. The third kappa shape index (κ3) is 3.57. The highest BCUT2D eigenvalue weighted by molar-refractivity contribution is 9.10. The van der Waals surface area contributed by atoms with Crippen LogP contribution in [0.3, 0.4) is 0 Å². The lowest BCUT2D eigenvalue weighted by molar-refractivity contribution is 0.495. The zero-order chi connectivity index (χ0) is 14.0. The van der Waals surface area contributed by atoms with Crippen molar-refractivity contribution >= 4 is 31.5 Å². The Bertz CT molecular complexity index is 697. The van der Waals surface area contributed by atoms with Gasteiger partial charge in [0.25, 0.3) is 0 Å². The van der Waals surface area contributed by atoms with E-state index in [1.165, 1.54) is 12.1 Å². The van der Waals surface area contributed by atoms with Gasteiger partial charge in [0.2, 0.25) is 0 Å². The number of hydrogen-bond acceptors (Lipinski definition) is 4. The van der Waals surface area contributed by atoms with Crippen molar-refractivity contribution in [2.24, 2.45) is 0 Å². The molecule has 0 bridgehead atoms. The molecule has 0 unspecified atom stereocenters. The van der Waals surface area contributed by atoms with Crippen molar-refractivity contribution in [3.05, 3.63) is 46.6 Å². The number of halogens is 2. The lowest BCUT2D eigenvalue weighted by Crippen LogP contribution is -2.03. The van der Waals surface area contributed by atoms with E-state index < -0.39 is 15.7 Å². The zero-order valence-corrected chi connectivity index (χ0v) is 12.4. The topological polar surface area (TPSA) is 59.3 Å². The number of hydrogen-bond donors (Lipinski definition) is 1. The number of benzene rings is 1. The van der Waals surface area contributed by atoms with Gasteiger partial charge < -0.3 is 9.73 Å². The van der Waals surface area contributed by atoms with Crippen molar-refractivity contribution in [3.8, 4) is 0 Å². The van der Waals surface area contributed by atoms with Crippen LogP contribution < -0.4 is 5.32 Å². The average Bonchev–Trinajstić information content (AvgIpc) is 2.72. The maximum absolute atomic E-state index is 13.6. The van der Waals surface area contributed by atoms with Crippen molar-refractivity contribution < 1.29 is 17.2 Å². The van der Waals surface area contributed by atoms with Gasteiger partial charge in [-0.05, 0) is 46.3 Å². The Morgan fingerprint density at radius 1 is 1.32 bits per heavy atom. The number of furan rings is 1. The molecule has 0 amide bonds. The minimum Gasteiger partial charge on any atom is -0.452 e. The maximum atomic E-state index is 13.6. The fourth-order valence-electron chi connectivity index (χ4n) is 1.50. The van der Waals surface area contributed by atoms with Gasteiger partial charge >= 0.3 is 0 Å². The van der Waals surface area contributed by atoms with Crippen LogP contribution in [0.4, 0.5) is 10.1 Å². The van der Waals surface area contributed by atoms with Crippen molar-refractivity contribution in [2.75, 3.05) is 11.6 Å². The molecule has 1 aromatic heterocycles. The summed E-state index contributed by atoms with van der Waals surface area (Å²) < 4.78 is 42.2. The quantitative estimate of drug-likeness (QED) is 0.862. The van der Waals surface area contributed by atoms with Crippen molar-refractivity contribution in [1.82, 2.24) is 0 Å². The van der Waals surface area contributed by atoms with Gasteiger partial charge in [0.05, 0.1) is 17.1 Å². The molecular formula is C12H11BrFNO3S. The summed E-state index contributed by atoms with van der Waals surface area (Å²) >= 11 is 3.16. The number of anilines is 1. The van der Waals surface area contributed by atoms with Gasteiger partial charge in [0, 0.05) is 6.26 Å². The molecule has 0 radical (unpaired) electrons. The van der Waals surface area contributed by atoms with Crippen molar-refractivity contribution in [3.63, 3.8) is 0 Å². The van der Waals surface area contributed by atoms with Gasteiger partial charge in [-0.1, -0.05) is 0 Å². The summed E-state index contributed by atoms with van der Waals surface area (Å²) in [5.74, 6) is 0.0917. The lowest BCUT2D eigenvalue weighted by Gasteiger charge is -2.07. The first kappa shape index (κ1) is 14.1. The van der Waals surface area contributed by atoms with E-state index in [0.29, 0.717) is 10.4 Å². The Kier molecular flexibility index (Phi) is 3.96. The van der Waals surface area contributed by atoms with Crippen LogP contribution in [-0.4, -0.2) is 14.7 Å². The minimum absolute atomic E-state index is 0.0667. The Morgan fingerprint density at radius 3 is 2.63 bits per heavy atom. The summed E-state index contributed by atoms with van der Waals surface area (Å²) in [5, 5.41) is 2.80. The van der Waals surface area contributed by atoms with E-state index in [4.69, 9.17) is 4.42 Å². The highest BCUT2D eigenvalue weighted by Crippen LogP contribution is 2.21. The second-order valence-electron chi connectivity index (χ2n) is 3.97. The molecule has 2 aromatic rings. The molecule has 0 saturated heterocycles. The molecule has 1 heterocycles. The molecular weight excluding hydrogens is 337 g/mol. The third-order valence-corrected chi connectivity index (χ3v) is 3.98. The first-order chi connectivity index (χ1) is 8.86. The molecule has 1 N–H and O–H groups in total. The lowest BCUT2D eigenvalue weighted by atomic mass is 10.3. The zero-order valence-electron chi connectivity index (χ0n) is 9.98. The second kappa shape index (κ2) is 5.34. The van der Waals surface area contributed by atoms with E-state index in [2.05, 4.69) is 21.2 Å². The molecule has 102 valence electrons. The van der Waals surface area contributed by atoms with E-state index in [1.54, 1.807) is 12.1 Å². The smallest absolute Gasteiger partial charge is 0.175 e. The van der Waals surface area contributed by atoms with Crippen LogP contribution in [0.1, 0.15) is 5.76 Å². The molecule has 0 aliphatic rings. The first-order valence-corrected chi connectivity index (χ1v) is 8.02. The molecule has 0 aliphatic carbocycles. The highest BCUT2D eigenvalue weighted by Gasteiger charge is 2.11. The Morgan fingerprint density at radius 2 is 2.05 bits per heavy atom. The molecule has 4 nitrogen and oxygen atoms in total. The summed E-state index contributed by atoms with van der Waals surface area (Å²) in [4.78, 5) is 0.0667. The normalized spacial score (nSPS) is 11.5. The molecule has 19 heavy (non-hydrogen) atoms. The molecule has 0 fully saturated rings. The standard InChI is InChI=1S/C12H11BrFNO3S/c1-19(16,17)9-3-4-10(14)11(6-9)15-7-8-2-5-12(13)18-8/h2-6,15H,7H2,1H3. The summed E-state index contributed by atoms with van der Waals surface area (Å²) in [5.41, 5.74) is 0.121. The van der Waals surface area contributed by atoms with Gasteiger partial charge in [-0.25, -0.2) is 12.8 Å². The minimum atomic E-state index is -3.36. The molecule has 0 saturated carbocycles. The summed E-state index contributed by atoms with van der Waals surface area (Å²) in [6, 6.07) is 7.08. The number of nitrogens with one attached hydrogen (secondary N) is 1. The largest absolute Gasteiger partial charge is 0.452 e. The van der Waals surface area contributed by atoms with Crippen LogP contribution in [0.25, 0.3) is 0 Å². The first-order valence-electron chi connectivity index (χ1n) is 5.34. The van der Waals surface area contributed by atoms with Crippen LogP contribution in [0.5, 0.6) is 0 Å². The summed E-state index contributed by atoms with van der Waals surface area (Å²) in [7, 11) is -3.36. The molecule has 2 rings (SSSR count). The molecule has 0 aliphatic heterocycles. The fourth-order valence-corrected chi connectivity index (χ4v) is 2.49.